The summed E-state index contributed by atoms with van der Waals surface area (Å²) in [5.41, 5.74) is -0.430. The van der Waals surface area contributed by atoms with Gasteiger partial charge in [0.05, 0.1) is 6.04 Å². The Bertz CT molecular complexity index is 587. The molecule has 2 aliphatic rings. The molecule has 1 amide bonds. The molecule has 2 unspecified atom stereocenters. The van der Waals surface area contributed by atoms with Gasteiger partial charge < -0.3 is 15.0 Å². The number of aromatic nitrogens is 2. The number of carbonyl (C=O) groups is 1. The molecule has 0 saturated carbocycles. The fourth-order valence-electron chi connectivity index (χ4n) is 3.35. The molecule has 2 saturated heterocycles. The average molecular weight is 430 g/mol. The molecule has 2 fully saturated rings. The zero-order valence-electron chi connectivity index (χ0n) is 13.8. The van der Waals surface area contributed by atoms with Crippen LogP contribution >= 0.6 is 22.6 Å². The van der Waals surface area contributed by atoms with Crippen molar-refractivity contribution >= 4 is 28.7 Å². The maximum atomic E-state index is 12.4. The Kier molecular flexibility index (Phi) is 4.52. The Morgan fingerprint density at radius 1 is 1.43 bits per heavy atom. The minimum Gasteiger partial charge on any atom is -0.444 e. The molecule has 2 aliphatic heterocycles. The zero-order valence-corrected chi connectivity index (χ0v) is 16.0. The largest absolute Gasteiger partial charge is 0.444 e. The third-order valence-electron chi connectivity index (χ3n) is 4.43. The molecule has 1 aromatic heterocycles. The monoisotopic (exact) mass is 430 g/mol. The van der Waals surface area contributed by atoms with E-state index in [-0.39, 0.29) is 17.6 Å². The van der Waals surface area contributed by atoms with E-state index >= 15 is 0 Å². The molecule has 2 atom stereocenters. The van der Waals surface area contributed by atoms with Crippen LogP contribution in [0.1, 0.15) is 45.5 Å². The van der Waals surface area contributed by atoms with Crippen LogP contribution in [0.15, 0.2) is 12.4 Å². The second-order valence-electron chi connectivity index (χ2n) is 7.44. The lowest BCUT2D eigenvalue weighted by molar-refractivity contribution is -0.0308. The topological polar surface area (TPSA) is 67.3 Å². The first kappa shape index (κ1) is 16.9. The van der Waals surface area contributed by atoms with Crippen molar-refractivity contribution in [2.75, 3.05) is 19.6 Å². The van der Waals surface area contributed by atoms with Crippen LogP contribution < -0.4 is 5.32 Å². The van der Waals surface area contributed by atoms with Gasteiger partial charge in [0.2, 0.25) is 0 Å². The molecular formula is C16H23IN4O2. The fraction of sp³-hybridized carbons (Fsp3) is 0.688. The van der Waals surface area contributed by atoms with Gasteiger partial charge in [-0.05, 0) is 56.2 Å². The van der Waals surface area contributed by atoms with E-state index in [0.29, 0.717) is 6.54 Å². The third kappa shape index (κ3) is 3.60. The van der Waals surface area contributed by atoms with Crippen LogP contribution in [-0.2, 0) is 4.74 Å². The van der Waals surface area contributed by atoms with E-state index in [1.165, 1.54) is 0 Å². The van der Waals surface area contributed by atoms with Gasteiger partial charge in [-0.3, -0.25) is 0 Å². The summed E-state index contributed by atoms with van der Waals surface area (Å²) in [7, 11) is 0. The molecule has 0 bridgehead atoms. The highest BCUT2D eigenvalue weighted by Crippen LogP contribution is 2.46. The first-order chi connectivity index (χ1) is 10.8. The van der Waals surface area contributed by atoms with Gasteiger partial charge in [-0.25, -0.2) is 14.8 Å². The van der Waals surface area contributed by atoms with Gasteiger partial charge in [0.25, 0.3) is 0 Å². The highest BCUT2D eigenvalue weighted by Gasteiger charge is 2.52. The number of rotatable bonds is 1. The lowest BCUT2D eigenvalue weighted by Gasteiger charge is -2.54. The molecule has 6 nitrogen and oxygen atoms in total. The molecule has 1 spiro atoms. The lowest BCUT2D eigenvalue weighted by atomic mass is 9.67. The first-order valence-corrected chi connectivity index (χ1v) is 9.06. The summed E-state index contributed by atoms with van der Waals surface area (Å²) in [5.74, 6) is 0.822. The van der Waals surface area contributed by atoms with Gasteiger partial charge in [-0.15, -0.1) is 0 Å². The number of hydrogen-bond donors (Lipinski definition) is 1. The van der Waals surface area contributed by atoms with Gasteiger partial charge in [0, 0.05) is 41.0 Å². The minimum absolute atomic E-state index is 0.0297. The smallest absolute Gasteiger partial charge is 0.410 e. The number of nitrogens with one attached hydrogen (secondary N) is 1. The van der Waals surface area contributed by atoms with Crippen LogP contribution in [0.4, 0.5) is 4.79 Å². The Balaban J connectivity index is 1.72. The van der Waals surface area contributed by atoms with E-state index in [1.54, 1.807) is 0 Å². The SMILES string of the molecule is CC(C)(C)OC(=O)N1CCCC2(CNC2c2ncc(I)cn2)C1. The van der Waals surface area contributed by atoms with Gasteiger partial charge in [0.1, 0.15) is 11.4 Å². The van der Waals surface area contributed by atoms with Crippen molar-refractivity contribution in [3.8, 4) is 0 Å². The molecule has 3 rings (SSSR count). The number of hydrogen-bond acceptors (Lipinski definition) is 5. The number of nitrogens with zero attached hydrogens (tertiary/aromatic N) is 3. The van der Waals surface area contributed by atoms with E-state index in [0.717, 1.165) is 35.3 Å². The molecule has 23 heavy (non-hydrogen) atoms. The zero-order chi connectivity index (χ0) is 16.7. The molecule has 7 heteroatoms. The van der Waals surface area contributed by atoms with Crippen molar-refractivity contribution < 1.29 is 9.53 Å². The first-order valence-electron chi connectivity index (χ1n) is 7.98. The summed E-state index contributed by atoms with van der Waals surface area (Å²) >= 11 is 2.21. The van der Waals surface area contributed by atoms with Crippen molar-refractivity contribution in [3.63, 3.8) is 0 Å². The van der Waals surface area contributed by atoms with Crippen LogP contribution in [0.2, 0.25) is 0 Å². The highest BCUT2D eigenvalue weighted by molar-refractivity contribution is 14.1. The van der Waals surface area contributed by atoms with Crippen molar-refractivity contribution in [3.05, 3.63) is 21.8 Å². The van der Waals surface area contributed by atoms with Crippen LogP contribution in [-0.4, -0.2) is 46.2 Å². The number of halogens is 1. The van der Waals surface area contributed by atoms with Crippen molar-refractivity contribution in [1.82, 2.24) is 20.2 Å². The summed E-state index contributed by atoms with van der Waals surface area (Å²) in [6.07, 6.45) is 5.53. The van der Waals surface area contributed by atoms with E-state index in [1.807, 2.05) is 38.1 Å². The van der Waals surface area contributed by atoms with Gasteiger partial charge >= 0.3 is 6.09 Å². The summed E-state index contributed by atoms with van der Waals surface area (Å²) in [6, 6.07) is 0.115. The lowest BCUT2D eigenvalue weighted by Crippen LogP contribution is -2.64. The molecule has 126 valence electrons. The van der Waals surface area contributed by atoms with Crippen molar-refractivity contribution in [2.24, 2.45) is 5.41 Å². The quantitative estimate of drug-likeness (QED) is 0.695. The summed E-state index contributed by atoms with van der Waals surface area (Å²) < 4.78 is 6.56. The van der Waals surface area contributed by atoms with Crippen LogP contribution in [0.5, 0.6) is 0 Å². The molecule has 0 aliphatic carbocycles. The summed E-state index contributed by atoms with van der Waals surface area (Å²) in [5, 5.41) is 3.44. The molecular weight excluding hydrogens is 407 g/mol. The second-order valence-corrected chi connectivity index (χ2v) is 8.69. The van der Waals surface area contributed by atoms with Crippen LogP contribution in [0.25, 0.3) is 0 Å². The summed E-state index contributed by atoms with van der Waals surface area (Å²) in [6.45, 7) is 8.06. The molecule has 3 heterocycles. The number of ether oxygens (including phenoxy) is 1. The third-order valence-corrected chi connectivity index (χ3v) is 4.99. The summed E-state index contributed by atoms with van der Waals surface area (Å²) in [4.78, 5) is 23.1. The second kappa shape index (κ2) is 6.16. The Morgan fingerprint density at radius 2 is 2.13 bits per heavy atom. The molecule has 0 radical (unpaired) electrons. The maximum Gasteiger partial charge on any atom is 0.410 e. The van der Waals surface area contributed by atoms with Gasteiger partial charge in [0.15, 0.2) is 0 Å². The normalized spacial score (nSPS) is 27.7. The van der Waals surface area contributed by atoms with Crippen molar-refractivity contribution in [2.45, 2.75) is 45.3 Å². The van der Waals surface area contributed by atoms with Crippen LogP contribution in [0.3, 0.4) is 0 Å². The number of amides is 1. The van der Waals surface area contributed by atoms with Gasteiger partial charge in [-0.2, -0.15) is 0 Å². The van der Waals surface area contributed by atoms with Crippen molar-refractivity contribution in [1.29, 1.82) is 0 Å². The van der Waals surface area contributed by atoms with Crippen LogP contribution in [0, 0.1) is 8.99 Å². The highest BCUT2D eigenvalue weighted by atomic mass is 127. The number of piperidine rings is 1. The predicted octanol–water partition coefficient (Wildman–Crippen LogP) is 2.74. The van der Waals surface area contributed by atoms with E-state index in [4.69, 9.17) is 4.74 Å². The number of carbonyl (C=O) groups excluding carboxylic acids is 1. The fourth-order valence-corrected chi connectivity index (χ4v) is 3.63. The molecule has 1 aromatic rings. The number of likely N-dealkylation sites (tertiary alicyclic amines) is 1. The Hall–Kier alpha value is -0.960. The molecule has 1 N–H and O–H groups in total. The Labute approximate surface area is 150 Å². The minimum atomic E-state index is -0.460. The van der Waals surface area contributed by atoms with E-state index in [2.05, 4.69) is 37.9 Å². The van der Waals surface area contributed by atoms with E-state index < -0.39 is 5.60 Å². The average Bonchev–Trinajstić information content (AvgIpc) is 2.47. The maximum absolute atomic E-state index is 12.4. The molecule has 0 aromatic carbocycles. The van der Waals surface area contributed by atoms with E-state index in [9.17, 15) is 4.79 Å². The standard InChI is InChI=1S/C16H23IN4O2/c1-15(2,3)23-14(22)21-6-4-5-16(10-21)9-20-12(16)13-18-7-11(17)8-19-13/h7-8,12,20H,4-6,9-10H2,1-3H3. The Morgan fingerprint density at radius 3 is 2.70 bits per heavy atom. The van der Waals surface area contributed by atoms with Gasteiger partial charge in [-0.1, -0.05) is 0 Å². The predicted molar refractivity (Wildman–Crippen MR) is 95.0 cm³/mol.